The largest absolute Gasteiger partial charge is 0.425 e. The molecule has 28 heavy (non-hydrogen) atoms. The van der Waals surface area contributed by atoms with Crippen LogP contribution in [0.2, 0.25) is 0 Å². The van der Waals surface area contributed by atoms with Gasteiger partial charge in [-0.25, -0.2) is 4.98 Å². The van der Waals surface area contributed by atoms with Crippen molar-refractivity contribution in [1.29, 1.82) is 0 Å². The van der Waals surface area contributed by atoms with Crippen molar-refractivity contribution >= 4 is 28.3 Å². The van der Waals surface area contributed by atoms with Crippen molar-refractivity contribution in [2.75, 3.05) is 0 Å². The average molecular weight is 405 g/mol. The number of fused-ring (bicyclic) bond motifs is 1. The lowest BCUT2D eigenvalue weighted by atomic mass is 10.1. The van der Waals surface area contributed by atoms with Crippen molar-refractivity contribution in [2.45, 2.75) is 37.4 Å². The Balaban J connectivity index is 1.29. The third-order valence-corrected chi connectivity index (χ3v) is 6.70. The second kappa shape index (κ2) is 6.34. The van der Waals surface area contributed by atoms with E-state index in [1.807, 2.05) is 24.3 Å². The summed E-state index contributed by atoms with van der Waals surface area (Å²) in [6.45, 7) is 0. The summed E-state index contributed by atoms with van der Waals surface area (Å²) in [6.07, 6.45) is -1.77. The molecule has 2 heterocycles. The topological polar surface area (TPSA) is 57.8 Å². The van der Waals surface area contributed by atoms with Crippen molar-refractivity contribution < 1.29 is 18.0 Å². The van der Waals surface area contributed by atoms with Crippen LogP contribution < -0.4 is 5.32 Å². The number of nitrogens with one attached hydrogen (secondary N) is 2. The molecule has 2 aliphatic rings. The molecule has 0 radical (unpaired) electrons. The maximum absolute atomic E-state index is 12.9. The maximum Gasteiger partial charge on any atom is 0.425 e. The molecule has 3 atom stereocenters. The molecule has 1 unspecified atom stereocenters. The summed E-state index contributed by atoms with van der Waals surface area (Å²) in [4.78, 5) is 20.6. The number of carbonyl (C=O) groups excluding carboxylic acids is 1. The Morgan fingerprint density at radius 3 is 2.68 bits per heavy atom. The fraction of sp³-hybridized carbons (Fsp3) is 0.400. The Bertz CT molecular complexity index is 1000. The quantitative estimate of drug-likeness (QED) is 0.627. The first-order valence-electron chi connectivity index (χ1n) is 9.32. The molecule has 0 saturated heterocycles. The van der Waals surface area contributed by atoms with E-state index in [1.165, 1.54) is 6.07 Å². The zero-order valence-electron chi connectivity index (χ0n) is 14.8. The summed E-state index contributed by atoms with van der Waals surface area (Å²) in [5.41, 5.74) is 1.82. The van der Waals surface area contributed by atoms with E-state index in [0.29, 0.717) is 11.3 Å². The van der Waals surface area contributed by atoms with Crippen LogP contribution in [0.3, 0.4) is 0 Å². The molecular formula is C20H18F3N3OS. The molecule has 2 N–H and O–H groups in total. The number of benzene rings is 1. The minimum absolute atomic E-state index is 0.0429. The lowest BCUT2D eigenvalue weighted by Crippen LogP contribution is -2.31. The summed E-state index contributed by atoms with van der Waals surface area (Å²) in [6, 6.07) is 9.99. The molecule has 8 heteroatoms. The number of para-hydroxylation sites is 2. The van der Waals surface area contributed by atoms with E-state index in [0.717, 1.165) is 47.1 Å². The minimum atomic E-state index is -4.34. The van der Waals surface area contributed by atoms with Crippen molar-refractivity contribution in [1.82, 2.24) is 15.3 Å². The Labute approximate surface area is 163 Å². The lowest BCUT2D eigenvalue weighted by molar-refractivity contribution is -0.134. The monoisotopic (exact) mass is 405 g/mol. The number of thiophene rings is 1. The number of nitrogens with zero attached hydrogens (tertiary/aromatic N) is 1. The summed E-state index contributed by atoms with van der Waals surface area (Å²) in [5.74, 6) is 0.807. The highest BCUT2D eigenvalue weighted by molar-refractivity contribution is 7.12. The van der Waals surface area contributed by atoms with E-state index in [9.17, 15) is 18.0 Å². The molecular weight excluding hydrogens is 387 g/mol. The van der Waals surface area contributed by atoms with E-state index in [1.54, 1.807) is 0 Å². The van der Waals surface area contributed by atoms with Gasteiger partial charge in [0.15, 0.2) is 0 Å². The molecule has 1 amide bonds. The molecule has 0 spiro atoms. The standard InChI is InChI=1S/C20H18F3N3OS/c21-20(22,23)16-8-7-15(28-16)17(10-5-6-10)26-19(27)12-9-11(12)18-24-13-3-1-2-4-14(13)25-18/h1-4,7-8,10-12,17H,5-6,9H2,(H,24,25)(H,26,27)/t11-,12-,17?/m0/s1. The van der Waals surface area contributed by atoms with Gasteiger partial charge in [0.2, 0.25) is 5.91 Å². The number of hydrogen-bond acceptors (Lipinski definition) is 3. The molecule has 2 saturated carbocycles. The average Bonchev–Trinajstić information content (AvgIpc) is 3.55. The number of H-pyrrole nitrogens is 1. The number of hydrogen-bond donors (Lipinski definition) is 2. The molecule has 2 aliphatic carbocycles. The highest BCUT2D eigenvalue weighted by atomic mass is 32.1. The van der Waals surface area contributed by atoms with Gasteiger partial charge in [-0.1, -0.05) is 12.1 Å². The zero-order valence-corrected chi connectivity index (χ0v) is 15.6. The third kappa shape index (κ3) is 3.30. The van der Waals surface area contributed by atoms with Crippen molar-refractivity contribution in [3.05, 3.63) is 52.0 Å². The first kappa shape index (κ1) is 17.7. The van der Waals surface area contributed by atoms with Crippen molar-refractivity contribution in [2.24, 2.45) is 11.8 Å². The molecule has 146 valence electrons. The zero-order chi connectivity index (χ0) is 19.5. The Kier molecular flexibility index (Phi) is 4.01. The van der Waals surface area contributed by atoms with Gasteiger partial charge in [-0.05, 0) is 49.4 Å². The van der Waals surface area contributed by atoms with Crippen LogP contribution >= 0.6 is 11.3 Å². The predicted molar refractivity (Wildman–Crippen MR) is 99.9 cm³/mol. The highest BCUT2D eigenvalue weighted by Crippen LogP contribution is 2.49. The smallest absolute Gasteiger partial charge is 0.348 e. The maximum atomic E-state index is 12.9. The number of imidazole rings is 1. The number of carbonyl (C=O) groups is 1. The fourth-order valence-corrected chi connectivity index (χ4v) is 4.74. The van der Waals surface area contributed by atoms with E-state index in [4.69, 9.17) is 0 Å². The number of halogens is 3. The number of aromatic nitrogens is 2. The first-order chi connectivity index (χ1) is 13.4. The first-order valence-corrected chi connectivity index (χ1v) is 10.1. The van der Waals surface area contributed by atoms with Crippen molar-refractivity contribution in [3.63, 3.8) is 0 Å². The van der Waals surface area contributed by atoms with E-state index in [2.05, 4.69) is 15.3 Å². The molecule has 1 aromatic carbocycles. The third-order valence-electron chi connectivity index (χ3n) is 5.49. The highest BCUT2D eigenvalue weighted by Gasteiger charge is 2.47. The van der Waals surface area contributed by atoms with Gasteiger partial charge >= 0.3 is 6.18 Å². The lowest BCUT2D eigenvalue weighted by Gasteiger charge is -2.17. The Morgan fingerprint density at radius 2 is 2.00 bits per heavy atom. The molecule has 4 nitrogen and oxygen atoms in total. The molecule has 3 aromatic rings. The molecule has 0 aliphatic heterocycles. The van der Waals surface area contributed by atoms with Gasteiger partial charge in [-0.2, -0.15) is 13.2 Å². The summed E-state index contributed by atoms with van der Waals surface area (Å²) in [5, 5.41) is 3.02. The molecule has 2 fully saturated rings. The van der Waals surface area contributed by atoms with Crippen LogP contribution in [-0.2, 0) is 11.0 Å². The summed E-state index contributed by atoms with van der Waals surface area (Å²) in [7, 11) is 0. The summed E-state index contributed by atoms with van der Waals surface area (Å²) < 4.78 is 38.8. The van der Waals surface area contributed by atoms with Gasteiger partial charge in [0.1, 0.15) is 10.7 Å². The normalized spacial score (nSPS) is 23.0. The fourth-order valence-electron chi connectivity index (χ4n) is 3.72. The molecule has 0 bridgehead atoms. The van der Waals surface area contributed by atoms with Gasteiger partial charge in [0.05, 0.1) is 17.1 Å². The Morgan fingerprint density at radius 1 is 1.21 bits per heavy atom. The SMILES string of the molecule is O=C(NC(c1ccc(C(F)(F)F)s1)C1CC1)[C@H]1C[C@@H]1c1nc2ccccc2[nH]1. The molecule has 2 aromatic heterocycles. The number of aromatic amines is 1. The van der Waals surface area contributed by atoms with Gasteiger partial charge in [0.25, 0.3) is 0 Å². The second-order valence-corrected chi connectivity index (χ2v) is 8.73. The van der Waals surface area contributed by atoms with Gasteiger partial charge in [-0.3, -0.25) is 4.79 Å². The van der Waals surface area contributed by atoms with Crippen LogP contribution in [0.15, 0.2) is 36.4 Å². The summed E-state index contributed by atoms with van der Waals surface area (Å²) >= 11 is 0.732. The predicted octanol–water partition coefficient (Wildman–Crippen LogP) is 5.01. The molecule has 5 rings (SSSR count). The van der Waals surface area contributed by atoms with E-state index >= 15 is 0 Å². The van der Waals surface area contributed by atoms with E-state index in [-0.39, 0.29) is 29.7 Å². The van der Waals surface area contributed by atoms with Crippen LogP contribution in [-0.4, -0.2) is 15.9 Å². The van der Waals surface area contributed by atoms with Crippen LogP contribution in [0.25, 0.3) is 11.0 Å². The second-order valence-electron chi connectivity index (χ2n) is 7.61. The van der Waals surface area contributed by atoms with Gasteiger partial charge < -0.3 is 10.3 Å². The van der Waals surface area contributed by atoms with E-state index < -0.39 is 11.1 Å². The van der Waals surface area contributed by atoms with Crippen LogP contribution in [0, 0.1) is 11.8 Å². The van der Waals surface area contributed by atoms with Gasteiger partial charge in [0, 0.05) is 16.7 Å². The van der Waals surface area contributed by atoms with Gasteiger partial charge in [-0.15, -0.1) is 11.3 Å². The minimum Gasteiger partial charge on any atom is -0.348 e. The number of rotatable bonds is 5. The van der Waals surface area contributed by atoms with Crippen molar-refractivity contribution in [3.8, 4) is 0 Å². The Hall–Kier alpha value is -2.35. The van der Waals surface area contributed by atoms with Crippen LogP contribution in [0.1, 0.15) is 46.8 Å². The number of amides is 1. The van der Waals surface area contributed by atoms with Crippen LogP contribution in [0.4, 0.5) is 13.2 Å². The van der Waals surface area contributed by atoms with Crippen LogP contribution in [0.5, 0.6) is 0 Å². The number of alkyl halides is 3.